The Balaban J connectivity index is 1.44. The number of hydrogen-bond donors (Lipinski definition) is 3. The van der Waals surface area contributed by atoms with E-state index in [-0.39, 0.29) is 24.0 Å². The van der Waals surface area contributed by atoms with Crippen LogP contribution in [0.3, 0.4) is 0 Å². The van der Waals surface area contributed by atoms with Crippen LogP contribution in [0, 0.1) is 6.92 Å². The third-order valence-electron chi connectivity index (χ3n) is 7.81. The molecule has 1 fully saturated rings. The van der Waals surface area contributed by atoms with Crippen LogP contribution >= 0.6 is 11.6 Å². The van der Waals surface area contributed by atoms with Gasteiger partial charge in [-0.1, -0.05) is 60.1 Å². The van der Waals surface area contributed by atoms with Crippen molar-refractivity contribution in [2.24, 2.45) is 22.2 Å². The highest BCUT2D eigenvalue weighted by molar-refractivity contribution is 6.30. The fourth-order valence-corrected chi connectivity index (χ4v) is 5.78. The van der Waals surface area contributed by atoms with E-state index < -0.39 is 6.04 Å². The Morgan fingerprint density at radius 3 is 2.59 bits per heavy atom. The van der Waals surface area contributed by atoms with Crippen LogP contribution < -0.4 is 17.2 Å². The Labute approximate surface area is 237 Å². The van der Waals surface area contributed by atoms with Crippen molar-refractivity contribution in [1.29, 1.82) is 0 Å². The Hall–Kier alpha value is -3.13. The first-order valence-electron chi connectivity index (χ1n) is 13.8. The van der Waals surface area contributed by atoms with Gasteiger partial charge in [0, 0.05) is 43.3 Å². The molecule has 1 aliphatic rings. The molecule has 3 aromatic rings. The molecule has 7 nitrogen and oxygen atoms in total. The van der Waals surface area contributed by atoms with Gasteiger partial charge in [-0.15, -0.1) is 0 Å². The second kappa shape index (κ2) is 13.3. The lowest BCUT2D eigenvalue weighted by Gasteiger charge is -2.46. The quantitative estimate of drug-likeness (QED) is 0.202. The van der Waals surface area contributed by atoms with Crippen LogP contribution in [0.1, 0.15) is 36.5 Å². The SMILES string of the molecule is Cc1cc(Cl)ccc1C[C@@H](N)C(=O)N1C[C@@H](C)N(CCc2ccc3ccccc3c2)C[C@@H]1CCCN=C(N)N. The highest BCUT2D eigenvalue weighted by Crippen LogP contribution is 2.23. The Morgan fingerprint density at radius 1 is 1.08 bits per heavy atom. The zero-order valence-corrected chi connectivity index (χ0v) is 23.8. The summed E-state index contributed by atoms with van der Waals surface area (Å²) in [6.45, 7) is 7.13. The van der Waals surface area contributed by atoms with Crippen molar-refractivity contribution in [2.45, 2.75) is 57.7 Å². The molecule has 208 valence electrons. The molecule has 0 bridgehead atoms. The molecular formula is C31H41ClN6O. The zero-order valence-electron chi connectivity index (χ0n) is 23.0. The third-order valence-corrected chi connectivity index (χ3v) is 8.04. The summed E-state index contributed by atoms with van der Waals surface area (Å²) in [4.78, 5) is 22.3. The van der Waals surface area contributed by atoms with E-state index in [1.807, 2.05) is 30.0 Å². The number of halogens is 1. The number of fused-ring (bicyclic) bond motifs is 1. The van der Waals surface area contributed by atoms with E-state index in [2.05, 4.69) is 59.3 Å². The number of amides is 1. The van der Waals surface area contributed by atoms with Gasteiger partial charge in [0.2, 0.25) is 5.91 Å². The predicted molar refractivity (Wildman–Crippen MR) is 162 cm³/mol. The first-order valence-corrected chi connectivity index (χ1v) is 14.2. The molecule has 4 rings (SSSR count). The third kappa shape index (κ3) is 7.72. The van der Waals surface area contributed by atoms with Crippen molar-refractivity contribution in [2.75, 3.05) is 26.2 Å². The molecule has 1 saturated heterocycles. The number of aliphatic imine (C=N–C) groups is 1. The first-order chi connectivity index (χ1) is 18.7. The number of nitrogens with two attached hydrogens (primary N) is 3. The molecule has 39 heavy (non-hydrogen) atoms. The minimum atomic E-state index is -0.610. The summed E-state index contributed by atoms with van der Waals surface area (Å²) in [7, 11) is 0. The predicted octanol–water partition coefficient (Wildman–Crippen LogP) is 3.87. The maximum atomic E-state index is 13.7. The molecule has 1 amide bonds. The van der Waals surface area contributed by atoms with Gasteiger partial charge in [-0.25, -0.2) is 0 Å². The van der Waals surface area contributed by atoms with Crippen molar-refractivity contribution in [1.82, 2.24) is 9.80 Å². The van der Waals surface area contributed by atoms with Gasteiger partial charge in [0.05, 0.1) is 6.04 Å². The summed E-state index contributed by atoms with van der Waals surface area (Å²) in [6.07, 6.45) is 3.05. The molecular weight excluding hydrogens is 508 g/mol. The number of carbonyl (C=O) groups excluding carboxylic acids is 1. The number of nitrogens with zero attached hydrogens (tertiary/aromatic N) is 3. The van der Waals surface area contributed by atoms with Crippen LogP contribution in [0.15, 0.2) is 65.7 Å². The van der Waals surface area contributed by atoms with E-state index in [9.17, 15) is 4.79 Å². The van der Waals surface area contributed by atoms with Gasteiger partial charge in [-0.3, -0.25) is 14.7 Å². The maximum absolute atomic E-state index is 13.7. The lowest BCUT2D eigenvalue weighted by Crippen LogP contribution is -2.62. The second-order valence-corrected chi connectivity index (χ2v) is 11.2. The summed E-state index contributed by atoms with van der Waals surface area (Å²) in [5, 5.41) is 3.21. The summed E-state index contributed by atoms with van der Waals surface area (Å²) in [5.41, 5.74) is 21.0. The molecule has 0 unspecified atom stereocenters. The number of guanidine groups is 1. The monoisotopic (exact) mass is 548 g/mol. The maximum Gasteiger partial charge on any atom is 0.240 e. The van der Waals surface area contributed by atoms with Gasteiger partial charge in [-0.2, -0.15) is 0 Å². The van der Waals surface area contributed by atoms with E-state index in [1.54, 1.807) is 0 Å². The standard InChI is InChI=1S/C31H41ClN6O/c1-21-16-27(32)12-11-25(21)18-29(33)30(39)38-19-22(2)37(20-28(38)8-5-14-36-31(34)35)15-13-23-9-10-24-6-3-4-7-26(24)17-23/h3-4,6-7,9-12,16-17,22,28-29H,5,8,13-15,18-20,33H2,1-2H3,(H4,34,35,36)/t22-,28+,29-/m1/s1. The smallest absolute Gasteiger partial charge is 0.240 e. The first kappa shape index (κ1) is 28.9. The minimum Gasteiger partial charge on any atom is -0.370 e. The average Bonchev–Trinajstić information content (AvgIpc) is 2.91. The molecule has 0 saturated carbocycles. The summed E-state index contributed by atoms with van der Waals surface area (Å²) >= 11 is 6.12. The van der Waals surface area contributed by atoms with Gasteiger partial charge >= 0.3 is 0 Å². The van der Waals surface area contributed by atoms with Gasteiger partial charge in [0.1, 0.15) is 0 Å². The van der Waals surface area contributed by atoms with E-state index in [4.69, 9.17) is 28.8 Å². The van der Waals surface area contributed by atoms with Gasteiger partial charge in [0.25, 0.3) is 0 Å². The molecule has 0 radical (unpaired) electrons. The fraction of sp³-hybridized carbons (Fsp3) is 0.419. The topological polar surface area (TPSA) is 114 Å². The van der Waals surface area contributed by atoms with Crippen molar-refractivity contribution in [3.8, 4) is 0 Å². The molecule has 0 aromatic heterocycles. The van der Waals surface area contributed by atoms with Crippen molar-refractivity contribution in [3.05, 3.63) is 82.4 Å². The number of rotatable bonds is 10. The number of carbonyl (C=O) groups is 1. The second-order valence-electron chi connectivity index (χ2n) is 10.8. The van der Waals surface area contributed by atoms with E-state index in [0.717, 1.165) is 43.5 Å². The van der Waals surface area contributed by atoms with Crippen molar-refractivity contribution >= 4 is 34.2 Å². The number of benzene rings is 3. The van der Waals surface area contributed by atoms with Gasteiger partial charge in [0.15, 0.2) is 5.96 Å². The highest BCUT2D eigenvalue weighted by atomic mass is 35.5. The average molecular weight is 549 g/mol. The number of hydrogen-bond acceptors (Lipinski definition) is 4. The normalized spacial score (nSPS) is 18.7. The fourth-order valence-electron chi connectivity index (χ4n) is 5.55. The molecule has 1 aliphatic heterocycles. The summed E-state index contributed by atoms with van der Waals surface area (Å²) in [5.74, 6) is 0.0924. The van der Waals surface area contributed by atoms with Crippen LogP contribution in [0.25, 0.3) is 10.8 Å². The molecule has 3 aromatic carbocycles. The van der Waals surface area contributed by atoms with Crippen molar-refractivity contribution in [3.63, 3.8) is 0 Å². The number of aryl methyl sites for hydroxylation is 1. The lowest BCUT2D eigenvalue weighted by molar-refractivity contribution is -0.139. The van der Waals surface area contributed by atoms with Gasteiger partial charge < -0.3 is 22.1 Å². The summed E-state index contributed by atoms with van der Waals surface area (Å²) < 4.78 is 0. The van der Waals surface area contributed by atoms with Gasteiger partial charge in [-0.05, 0) is 79.1 Å². The summed E-state index contributed by atoms with van der Waals surface area (Å²) in [6, 6.07) is 20.5. The molecule has 3 atom stereocenters. The van der Waals surface area contributed by atoms with E-state index in [1.165, 1.54) is 16.3 Å². The molecule has 0 spiro atoms. The lowest BCUT2D eigenvalue weighted by atomic mass is 9.97. The zero-order chi connectivity index (χ0) is 27.9. The highest BCUT2D eigenvalue weighted by Gasteiger charge is 2.35. The van der Waals surface area contributed by atoms with Crippen LogP contribution in [0.2, 0.25) is 5.02 Å². The van der Waals surface area contributed by atoms with Crippen LogP contribution in [-0.2, 0) is 17.6 Å². The Kier molecular flexibility index (Phi) is 9.83. The van der Waals surface area contributed by atoms with Crippen molar-refractivity contribution < 1.29 is 4.79 Å². The molecule has 8 heteroatoms. The van der Waals surface area contributed by atoms with E-state index >= 15 is 0 Å². The Morgan fingerprint density at radius 2 is 1.85 bits per heavy atom. The van der Waals surface area contributed by atoms with Crippen LogP contribution in [-0.4, -0.2) is 66.0 Å². The largest absolute Gasteiger partial charge is 0.370 e. The molecule has 1 heterocycles. The van der Waals surface area contributed by atoms with Crippen LogP contribution in [0.5, 0.6) is 0 Å². The Bertz CT molecular complexity index is 1310. The molecule has 6 N–H and O–H groups in total. The minimum absolute atomic E-state index is 0.00257. The van der Waals surface area contributed by atoms with Crippen LogP contribution in [0.4, 0.5) is 0 Å². The van der Waals surface area contributed by atoms with E-state index in [0.29, 0.717) is 24.5 Å². The molecule has 0 aliphatic carbocycles. The number of piperazine rings is 1.